The normalized spacial score (nSPS) is 13.4. The molecule has 84 valence electrons. The Hall–Kier alpha value is -1.60. The maximum absolute atomic E-state index is 9.28. The molecule has 0 spiro atoms. The van der Waals surface area contributed by atoms with Crippen LogP contribution in [0.4, 0.5) is 0 Å². The van der Waals surface area contributed by atoms with Crippen molar-refractivity contribution < 1.29 is 0 Å². The standard InChI is InChI=1S/C13H10BrN3/c14-9-3-1-4-10(7-9)17-13(8-15)11-5-2-6-12(11)16-17/h1,3-4,7H,2,5-6H2. The summed E-state index contributed by atoms with van der Waals surface area (Å²) in [5, 5.41) is 13.8. The van der Waals surface area contributed by atoms with E-state index in [4.69, 9.17) is 0 Å². The molecular weight excluding hydrogens is 278 g/mol. The Bertz CT molecular complexity index is 622. The highest BCUT2D eigenvalue weighted by Crippen LogP contribution is 2.27. The van der Waals surface area contributed by atoms with Gasteiger partial charge in [-0.05, 0) is 37.5 Å². The molecule has 0 saturated heterocycles. The summed E-state index contributed by atoms with van der Waals surface area (Å²) < 4.78 is 2.75. The number of hydrogen-bond donors (Lipinski definition) is 0. The Morgan fingerprint density at radius 1 is 1.35 bits per heavy atom. The zero-order valence-corrected chi connectivity index (χ0v) is 10.7. The fourth-order valence-electron chi connectivity index (χ4n) is 2.30. The van der Waals surface area contributed by atoms with E-state index < -0.39 is 0 Å². The minimum atomic E-state index is 0.690. The number of fused-ring (bicyclic) bond motifs is 1. The molecule has 0 atom stereocenters. The smallest absolute Gasteiger partial charge is 0.147 e. The molecule has 0 unspecified atom stereocenters. The van der Waals surface area contributed by atoms with Crippen molar-refractivity contribution in [2.24, 2.45) is 0 Å². The van der Waals surface area contributed by atoms with Crippen molar-refractivity contribution in [1.82, 2.24) is 9.78 Å². The highest BCUT2D eigenvalue weighted by molar-refractivity contribution is 9.10. The first-order valence-corrected chi connectivity index (χ1v) is 6.35. The number of aryl methyl sites for hydroxylation is 1. The van der Waals surface area contributed by atoms with Gasteiger partial charge in [-0.25, -0.2) is 4.68 Å². The number of aromatic nitrogens is 2. The van der Waals surface area contributed by atoms with Gasteiger partial charge in [0.2, 0.25) is 0 Å². The Kier molecular flexibility index (Phi) is 2.49. The number of nitrogens with zero attached hydrogens (tertiary/aromatic N) is 3. The number of nitriles is 1. The van der Waals surface area contributed by atoms with Crippen LogP contribution in [0.5, 0.6) is 0 Å². The first kappa shape index (κ1) is 10.5. The van der Waals surface area contributed by atoms with Gasteiger partial charge in [0.1, 0.15) is 11.8 Å². The summed E-state index contributed by atoms with van der Waals surface area (Å²) in [6.07, 6.45) is 3.09. The molecule has 2 aromatic rings. The molecule has 0 saturated carbocycles. The fraction of sp³-hybridized carbons (Fsp3) is 0.231. The second-order valence-corrected chi connectivity index (χ2v) is 5.05. The van der Waals surface area contributed by atoms with Crippen molar-refractivity contribution in [2.45, 2.75) is 19.3 Å². The van der Waals surface area contributed by atoms with Crippen molar-refractivity contribution >= 4 is 15.9 Å². The van der Waals surface area contributed by atoms with Crippen LogP contribution >= 0.6 is 15.9 Å². The molecule has 1 aliphatic carbocycles. The van der Waals surface area contributed by atoms with Gasteiger partial charge in [-0.2, -0.15) is 10.4 Å². The summed E-state index contributed by atoms with van der Waals surface area (Å²) in [6, 6.07) is 10.1. The molecule has 3 rings (SSSR count). The van der Waals surface area contributed by atoms with Crippen molar-refractivity contribution in [3.05, 3.63) is 45.7 Å². The van der Waals surface area contributed by atoms with Gasteiger partial charge in [0.25, 0.3) is 0 Å². The maximum atomic E-state index is 9.28. The minimum absolute atomic E-state index is 0.690. The Labute approximate surface area is 108 Å². The van der Waals surface area contributed by atoms with Gasteiger partial charge in [-0.3, -0.25) is 0 Å². The van der Waals surface area contributed by atoms with Crippen LogP contribution < -0.4 is 0 Å². The van der Waals surface area contributed by atoms with E-state index >= 15 is 0 Å². The third kappa shape index (κ3) is 1.67. The highest BCUT2D eigenvalue weighted by Gasteiger charge is 2.22. The molecular formula is C13H10BrN3. The van der Waals surface area contributed by atoms with E-state index in [0.29, 0.717) is 5.69 Å². The lowest BCUT2D eigenvalue weighted by molar-refractivity contribution is 0.791. The summed E-state index contributed by atoms with van der Waals surface area (Å²) in [7, 11) is 0. The van der Waals surface area contributed by atoms with E-state index in [-0.39, 0.29) is 0 Å². The zero-order chi connectivity index (χ0) is 11.8. The third-order valence-electron chi connectivity index (χ3n) is 3.07. The van der Waals surface area contributed by atoms with Gasteiger partial charge < -0.3 is 0 Å². The summed E-state index contributed by atoms with van der Waals surface area (Å²) >= 11 is 3.44. The molecule has 4 heteroatoms. The lowest BCUT2D eigenvalue weighted by Crippen LogP contribution is -2.01. The van der Waals surface area contributed by atoms with E-state index in [2.05, 4.69) is 27.1 Å². The van der Waals surface area contributed by atoms with E-state index in [0.717, 1.165) is 40.7 Å². The summed E-state index contributed by atoms with van der Waals surface area (Å²) in [4.78, 5) is 0. The highest BCUT2D eigenvalue weighted by atomic mass is 79.9. The van der Waals surface area contributed by atoms with Crippen LogP contribution in [0.2, 0.25) is 0 Å². The Morgan fingerprint density at radius 2 is 2.24 bits per heavy atom. The largest absolute Gasteiger partial charge is 0.222 e. The van der Waals surface area contributed by atoms with E-state index in [9.17, 15) is 5.26 Å². The van der Waals surface area contributed by atoms with Crippen LogP contribution in [0, 0.1) is 11.3 Å². The number of halogens is 1. The van der Waals surface area contributed by atoms with Crippen molar-refractivity contribution in [3.8, 4) is 11.8 Å². The van der Waals surface area contributed by atoms with Crippen LogP contribution in [0.25, 0.3) is 5.69 Å². The molecule has 0 aliphatic heterocycles. The van der Waals surface area contributed by atoms with Crippen LogP contribution in [0.15, 0.2) is 28.7 Å². The summed E-state index contributed by atoms with van der Waals surface area (Å²) in [6.45, 7) is 0. The maximum Gasteiger partial charge on any atom is 0.147 e. The minimum Gasteiger partial charge on any atom is -0.222 e. The monoisotopic (exact) mass is 287 g/mol. The molecule has 0 bridgehead atoms. The van der Waals surface area contributed by atoms with Gasteiger partial charge in [0, 0.05) is 10.0 Å². The zero-order valence-electron chi connectivity index (χ0n) is 9.15. The summed E-state index contributed by atoms with van der Waals surface area (Å²) in [5.74, 6) is 0. The molecule has 17 heavy (non-hydrogen) atoms. The lowest BCUT2D eigenvalue weighted by atomic mass is 10.2. The van der Waals surface area contributed by atoms with E-state index in [1.165, 1.54) is 0 Å². The van der Waals surface area contributed by atoms with Crippen molar-refractivity contribution in [1.29, 1.82) is 5.26 Å². The third-order valence-corrected chi connectivity index (χ3v) is 3.56. The van der Waals surface area contributed by atoms with E-state index in [1.54, 1.807) is 4.68 Å². The van der Waals surface area contributed by atoms with Crippen molar-refractivity contribution in [2.75, 3.05) is 0 Å². The molecule has 0 radical (unpaired) electrons. The Balaban J connectivity index is 2.19. The molecule has 1 aliphatic rings. The SMILES string of the molecule is N#Cc1c2c(nn1-c1cccc(Br)c1)CCC2. The summed E-state index contributed by atoms with van der Waals surface area (Å²) in [5.41, 5.74) is 3.84. The average molecular weight is 288 g/mol. The predicted molar refractivity (Wildman–Crippen MR) is 68.0 cm³/mol. The topological polar surface area (TPSA) is 41.6 Å². The van der Waals surface area contributed by atoms with Gasteiger partial charge in [0.15, 0.2) is 0 Å². The van der Waals surface area contributed by atoms with Crippen LogP contribution in [-0.4, -0.2) is 9.78 Å². The second kappa shape index (κ2) is 4.01. The van der Waals surface area contributed by atoms with Gasteiger partial charge in [-0.1, -0.05) is 22.0 Å². The number of benzene rings is 1. The molecule has 1 aromatic heterocycles. The van der Waals surface area contributed by atoms with Gasteiger partial charge in [0.05, 0.1) is 11.4 Å². The molecule has 1 aromatic carbocycles. The molecule has 0 N–H and O–H groups in total. The van der Waals surface area contributed by atoms with Gasteiger partial charge >= 0.3 is 0 Å². The first-order chi connectivity index (χ1) is 8.29. The Morgan fingerprint density at radius 3 is 3.00 bits per heavy atom. The molecule has 0 fully saturated rings. The predicted octanol–water partition coefficient (Wildman–Crippen LogP) is 3.00. The van der Waals surface area contributed by atoms with Crippen LogP contribution in [0.3, 0.4) is 0 Å². The molecule has 3 nitrogen and oxygen atoms in total. The van der Waals surface area contributed by atoms with Crippen LogP contribution in [0.1, 0.15) is 23.4 Å². The van der Waals surface area contributed by atoms with E-state index in [1.807, 2.05) is 24.3 Å². The first-order valence-electron chi connectivity index (χ1n) is 5.56. The number of rotatable bonds is 1. The van der Waals surface area contributed by atoms with Gasteiger partial charge in [-0.15, -0.1) is 0 Å². The van der Waals surface area contributed by atoms with Crippen LogP contribution in [-0.2, 0) is 12.8 Å². The molecule has 1 heterocycles. The second-order valence-electron chi connectivity index (χ2n) is 4.13. The number of hydrogen-bond acceptors (Lipinski definition) is 2. The lowest BCUT2D eigenvalue weighted by Gasteiger charge is -2.04. The quantitative estimate of drug-likeness (QED) is 0.809. The molecule has 0 amide bonds. The average Bonchev–Trinajstić information content (AvgIpc) is 2.88. The van der Waals surface area contributed by atoms with Crippen molar-refractivity contribution in [3.63, 3.8) is 0 Å². The fourth-order valence-corrected chi connectivity index (χ4v) is 2.69.